The SMILES string of the molecule is CCc1c(C)cc(C(=O)NC2(C(=O)O)CCCCC2)c(=O)n1Cc1ccc(OC)cc1. The highest BCUT2D eigenvalue weighted by atomic mass is 16.5. The maximum Gasteiger partial charge on any atom is 0.329 e. The van der Waals surface area contributed by atoms with Crippen LogP contribution in [-0.4, -0.2) is 34.2 Å². The molecule has 0 radical (unpaired) electrons. The van der Waals surface area contributed by atoms with Crippen molar-refractivity contribution in [3.05, 3.63) is 63.1 Å². The van der Waals surface area contributed by atoms with Crippen molar-refractivity contribution < 1.29 is 19.4 Å². The van der Waals surface area contributed by atoms with E-state index < -0.39 is 23.0 Å². The van der Waals surface area contributed by atoms with Crippen LogP contribution in [0.4, 0.5) is 0 Å². The molecule has 7 nitrogen and oxygen atoms in total. The van der Waals surface area contributed by atoms with Gasteiger partial charge in [-0.3, -0.25) is 9.59 Å². The molecule has 0 saturated heterocycles. The molecule has 1 fully saturated rings. The van der Waals surface area contributed by atoms with Gasteiger partial charge in [-0.25, -0.2) is 4.79 Å². The fourth-order valence-electron chi connectivity index (χ4n) is 4.39. The van der Waals surface area contributed by atoms with Crippen molar-refractivity contribution in [2.24, 2.45) is 0 Å². The van der Waals surface area contributed by atoms with Crippen LogP contribution >= 0.6 is 0 Å². The van der Waals surface area contributed by atoms with Gasteiger partial charge in [-0.2, -0.15) is 0 Å². The van der Waals surface area contributed by atoms with Gasteiger partial charge in [0.15, 0.2) is 0 Å². The second-order valence-electron chi connectivity index (χ2n) is 8.18. The topological polar surface area (TPSA) is 97.6 Å². The minimum Gasteiger partial charge on any atom is -0.497 e. The maximum absolute atomic E-state index is 13.3. The summed E-state index contributed by atoms with van der Waals surface area (Å²) in [6.45, 7) is 4.15. The fraction of sp³-hybridized carbons (Fsp3) is 0.458. The van der Waals surface area contributed by atoms with Gasteiger partial charge in [0, 0.05) is 5.69 Å². The molecular formula is C24H30N2O5. The van der Waals surface area contributed by atoms with Crippen LogP contribution in [0.1, 0.15) is 66.2 Å². The van der Waals surface area contributed by atoms with Gasteiger partial charge in [-0.05, 0) is 55.5 Å². The predicted molar refractivity (Wildman–Crippen MR) is 118 cm³/mol. The van der Waals surface area contributed by atoms with E-state index in [1.807, 2.05) is 38.1 Å². The Bertz CT molecular complexity index is 1020. The lowest BCUT2D eigenvalue weighted by atomic mass is 9.81. The first-order valence-corrected chi connectivity index (χ1v) is 10.7. The molecule has 0 atom stereocenters. The largest absolute Gasteiger partial charge is 0.497 e. The summed E-state index contributed by atoms with van der Waals surface area (Å²) in [6, 6.07) is 9.01. The third-order valence-corrected chi connectivity index (χ3v) is 6.17. The standard InChI is InChI=1S/C24H30N2O5/c1-4-20-16(2)14-19(21(27)25-24(23(29)30)12-6-5-7-13-24)22(28)26(20)15-17-8-10-18(31-3)11-9-17/h8-11,14H,4-7,12-13,15H2,1-3H3,(H,25,27)(H,29,30). The Labute approximate surface area is 182 Å². The normalized spacial score (nSPS) is 15.3. The molecule has 166 valence electrons. The van der Waals surface area contributed by atoms with Gasteiger partial charge in [0.05, 0.1) is 13.7 Å². The molecule has 1 aromatic carbocycles. The molecular weight excluding hydrogens is 396 g/mol. The van der Waals surface area contributed by atoms with Crippen molar-refractivity contribution in [2.45, 2.75) is 64.5 Å². The Balaban J connectivity index is 1.98. The summed E-state index contributed by atoms with van der Waals surface area (Å²) >= 11 is 0. The van der Waals surface area contributed by atoms with Crippen LogP contribution in [0.5, 0.6) is 5.75 Å². The summed E-state index contributed by atoms with van der Waals surface area (Å²) < 4.78 is 6.80. The van der Waals surface area contributed by atoms with Gasteiger partial charge in [0.1, 0.15) is 16.9 Å². The molecule has 1 aromatic heterocycles. The smallest absolute Gasteiger partial charge is 0.329 e. The van der Waals surface area contributed by atoms with E-state index in [-0.39, 0.29) is 5.56 Å². The van der Waals surface area contributed by atoms with Crippen LogP contribution in [0.2, 0.25) is 0 Å². The summed E-state index contributed by atoms with van der Waals surface area (Å²) in [5, 5.41) is 12.5. The molecule has 0 unspecified atom stereocenters. The van der Waals surface area contributed by atoms with E-state index in [1.54, 1.807) is 17.7 Å². The zero-order valence-electron chi connectivity index (χ0n) is 18.4. The number of aryl methyl sites for hydroxylation is 1. The molecule has 0 aliphatic heterocycles. The zero-order valence-corrected chi connectivity index (χ0v) is 18.4. The predicted octanol–water partition coefficient (Wildman–Crippen LogP) is 3.29. The number of carboxylic acids is 1. The van der Waals surface area contributed by atoms with Crippen LogP contribution in [-0.2, 0) is 17.8 Å². The molecule has 1 aliphatic rings. The quantitative estimate of drug-likeness (QED) is 0.708. The van der Waals surface area contributed by atoms with Crippen LogP contribution in [0.25, 0.3) is 0 Å². The van der Waals surface area contributed by atoms with Crippen molar-refractivity contribution >= 4 is 11.9 Å². The van der Waals surface area contributed by atoms with E-state index in [1.165, 1.54) is 0 Å². The van der Waals surface area contributed by atoms with Gasteiger partial charge >= 0.3 is 5.97 Å². The molecule has 2 aromatic rings. The number of rotatable bonds is 7. The Morgan fingerprint density at radius 1 is 1.16 bits per heavy atom. The molecule has 1 saturated carbocycles. The van der Waals surface area contributed by atoms with E-state index in [0.29, 0.717) is 25.8 Å². The van der Waals surface area contributed by atoms with Crippen LogP contribution in [0.3, 0.4) is 0 Å². The molecule has 0 bridgehead atoms. The van der Waals surface area contributed by atoms with Gasteiger partial charge in [0.25, 0.3) is 11.5 Å². The number of aromatic nitrogens is 1. The lowest BCUT2D eigenvalue weighted by Crippen LogP contribution is -2.56. The minimum atomic E-state index is -1.31. The average Bonchev–Trinajstić information content (AvgIpc) is 2.77. The Morgan fingerprint density at radius 3 is 2.35 bits per heavy atom. The van der Waals surface area contributed by atoms with Crippen LogP contribution < -0.4 is 15.6 Å². The summed E-state index contributed by atoms with van der Waals surface area (Å²) in [4.78, 5) is 38.3. The number of carbonyl (C=O) groups is 2. The van der Waals surface area contributed by atoms with Gasteiger partial charge in [-0.1, -0.05) is 38.3 Å². The van der Waals surface area contributed by atoms with Gasteiger partial charge in [-0.15, -0.1) is 0 Å². The third kappa shape index (κ3) is 4.65. The number of hydrogen-bond acceptors (Lipinski definition) is 4. The average molecular weight is 427 g/mol. The van der Waals surface area contributed by atoms with E-state index in [2.05, 4.69) is 5.32 Å². The second kappa shape index (κ2) is 9.37. The zero-order chi connectivity index (χ0) is 22.6. The lowest BCUT2D eigenvalue weighted by Gasteiger charge is -2.34. The molecule has 7 heteroatoms. The Kier molecular flexibility index (Phi) is 6.83. The summed E-state index contributed by atoms with van der Waals surface area (Å²) in [5.41, 5.74) is 0.849. The molecule has 1 heterocycles. The highest BCUT2D eigenvalue weighted by Crippen LogP contribution is 2.29. The van der Waals surface area contributed by atoms with Crippen molar-refractivity contribution in [1.82, 2.24) is 9.88 Å². The summed E-state index contributed by atoms with van der Waals surface area (Å²) in [5.74, 6) is -0.938. The lowest BCUT2D eigenvalue weighted by molar-refractivity contribution is -0.145. The number of amides is 1. The van der Waals surface area contributed by atoms with E-state index in [0.717, 1.165) is 41.8 Å². The maximum atomic E-state index is 13.3. The van der Waals surface area contributed by atoms with Crippen LogP contribution in [0.15, 0.2) is 35.1 Å². The number of carboxylic acid groups (broad SMARTS) is 1. The highest BCUT2D eigenvalue weighted by Gasteiger charge is 2.41. The highest BCUT2D eigenvalue weighted by molar-refractivity contribution is 5.97. The molecule has 31 heavy (non-hydrogen) atoms. The number of methoxy groups -OCH3 is 1. The third-order valence-electron chi connectivity index (χ3n) is 6.17. The van der Waals surface area contributed by atoms with Crippen molar-refractivity contribution in [1.29, 1.82) is 0 Å². The fourth-order valence-corrected chi connectivity index (χ4v) is 4.39. The second-order valence-corrected chi connectivity index (χ2v) is 8.18. The monoisotopic (exact) mass is 426 g/mol. The number of hydrogen-bond donors (Lipinski definition) is 2. The Morgan fingerprint density at radius 2 is 1.81 bits per heavy atom. The number of carbonyl (C=O) groups excluding carboxylic acids is 1. The van der Waals surface area contributed by atoms with Crippen molar-refractivity contribution in [3.63, 3.8) is 0 Å². The molecule has 1 amide bonds. The number of aliphatic carboxylic acids is 1. The number of pyridine rings is 1. The Hall–Kier alpha value is -3.09. The van der Waals surface area contributed by atoms with E-state index in [4.69, 9.17) is 4.74 Å². The summed E-state index contributed by atoms with van der Waals surface area (Å²) in [6.07, 6.45) is 3.81. The molecule has 2 N–H and O–H groups in total. The van der Waals surface area contributed by atoms with Crippen molar-refractivity contribution in [3.8, 4) is 5.75 Å². The van der Waals surface area contributed by atoms with Gasteiger partial charge in [0.2, 0.25) is 0 Å². The van der Waals surface area contributed by atoms with Crippen molar-refractivity contribution in [2.75, 3.05) is 7.11 Å². The molecule has 1 aliphatic carbocycles. The van der Waals surface area contributed by atoms with E-state index >= 15 is 0 Å². The van der Waals surface area contributed by atoms with E-state index in [9.17, 15) is 19.5 Å². The molecule has 0 spiro atoms. The first-order valence-electron chi connectivity index (χ1n) is 10.7. The minimum absolute atomic E-state index is 0.0191. The number of nitrogens with one attached hydrogen (secondary N) is 1. The first-order chi connectivity index (χ1) is 14.8. The first kappa shape index (κ1) is 22.6. The number of benzene rings is 1. The number of nitrogens with zero attached hydrogens (tertiary/aromatic N) is 1. The van der Waals surface area contributed by atoms with Gasteiger partial charge < -0.3 is 19.7 Å². The number of ether oxygens (including phenoxy) is 1. The van der Waals surface area contributed by atoms with Crippen LogP contribution in [0, 0.1) is 6.92 Å². The summed E-state index contributed by atoms with van der Waals surface area (Å²) in [7, 11) is 1.59. The molecule has 3 rings (SSSR count).